The number of rotatable bonds is 6. The molecule has 5 aromatic rings. The van der Waals surface area contributed by atoms with Gasteiger partial charge in [0.1, 0.15) is 17.7 Å². The number of benzene rings is 5. The van der Waals surface area contributed by atoms with Gasteiger partial charge < -0.3 is 72.1 Å². The summed E-state index contributed by atoms with van der Waals surface area (Å²) in [6, 6.07) is 20.8. The van der Waals surface area contributed by atoms with E-state index in [4.69, 9.17) is 72.4 Å². The summed E-state index contributed by atoms with van der Waals surface area (Å²) < 4.78 is 0. The molecule has 15 N–H and O–H groups in total. The molecule has 0 heterocycles. The largest absolute Gasteiger partial charge is 0.504 e. The Bertz CT molecular complexity index is 2250. The van der Waals surface area contributed by atoms with Crippen LogP contribution in [-0.4, -0.2) is 84.7 Å². The number of aromatic hydroxyl groups is 12. The van der Waals surface area contributed by atoms with E-state index in [1.165, 1.54) is 24.3 Å². The van der Waals surface area contributed by atoms with Crippen molar-refractivity contribution < 1.29 is 76.0 Å². The molecular weight excluding hydrogens is 774 g/mol. The predicted octanol–water partition coefficient (Wildman–Crippen LogP) is 4.50. The number of nitriles is 2. The van der Waals surface area contributed by atoms with Crippen molar-refractivity contribution >= 4 is 30.2 Å². The summed E-state index contributed by atoms with van der Waals surface area (Å²) in [7, 11) is 0. The van der Waals surface area contributed by atoms with Gasteiger partial charge in [0, 0.05) is 5.56 Å². The highest BCUT2D eigenvalue weighted by Gasteiger charge is 2.18. The summed E-state index contributed by atoms with van der Waals surface area (Å²) >= 11 is 0. The van der Waals surface area contributed by atoms with Gasteiger partial charge in [0.15, 0.2) is 69.0 Å². The van der Waals surface area contributed by atoms with Crippen LogP contribution in [0.25, 0.3) is 6.08 Å². The highest BCUT2D eigenvalue weighted by molar-refractivity contribution is 6.11. The lowest BCUT2D eigenvalue weighted by Crippen LogP contribution is -2.02. The minimum absolute atomic E-state index is 0. The van der Waals surface area contributed by atoms with Crippen molar-refractivity contribution in [2.45, 2.75) is 6.42 Å². The number of phenolic OH excluding ortho intramolecular Hbond substituents is 12. The second-order valence-corrected chi connectivity index (χ2v) is 10.9. The first-order valence-corrected chi connectivity index (χ1v) is 15.4. The van der Waals surface area contributed by atoms with Gasteiger partial charge in [-0.1, -0.05) is 30.3 Å². The molecule has 5 rings (SSSR count). The molecule has 0 saturated heterocycles. The van der Waals surface area contributed by atoms with Crippen molar-refractivity contribution in [3.8, 4) is 81.1 Å². The molecule has 0 aliphatic carbocycles. The molecule has 0 aliphatic rings. The average molecular weight is 808 g/mol. The quantitative estimate of drug-likeness (QED) is 0.0638. The number of carboxylic acids is 1. The molecule has 19 heteroatoms. The van der Waals surface area contributed by atoms with Crippen LogP contribution in [-0.2, 0) is 6.42 Å². The maximum atomic E-state index is 12.0. The van der Waals surface area contributed by atoms with Crippen molar-refractivity contribution in [2.24, 2.45) is 5.73 Å². The molecule has 0 spiro atoms. The first kappa shape index (κ1) is 46.8. The van der Waals surface area contributed by atoms with Gasteiger partial charge >= 0.3 is 5.97 Å². The van der Waals surface area contributed by atoms with Gasteiger partial charge in [0.2, 0.25) is 5.75 Å². The van der Waals surface area contributed by atoms with E-state index >= 15 is 0 Å². The first-order valence-electron chi connectivity index (χ1n) is 15.4. The highest BCUT2D eigenvalue weighted by Crippen LogP contribution is 2.39. The van der Waals surface area contributed by atoms with Crippen LogP contribution in [0.1, 0.15) is 37.4 Å². The van der Waals surface area contributed by atoms with Crippen LogP contribution < -0.4 is 5.73 Å². The molecule has 0 radical (unpaired) electrons. The van der Waals surface area contributed by atoms with E-state index < -0.39 is 69.2 Å². The lowest BCUT2D eigenvalue weighted by atomic mass is 10.0. The standard InChI is InChI=1S/C13H10O4.C10H6N2O3.C8H11NO3.C7H6O5.ClH/c14-10-7-6-9(12(16)13(10)17)11(15)8-4-2-1-3-5-8;11-4-7(5-12)1-6-2-8(13)10(15)9(14)3-6;9-2-1-5-3-6(10)8(12)7(11)4-5;8-4-1-3(7(11)12)2-5(9)6(4)10;/h1-7,14,16-17H;1-3,13-15H;3-4,10-12H,1-2,9H2;1-2,8-10H,(H,11,12);1H. The minimum atomic E-state index is -1.29. The molecule has 0 saturated carbocycles. The number of nitrogens with zero attached hydrogens (tertiary/aromatic N) is 2. The molecule has 57 heavy (non-hydrogen) atoms. The van der Waals surface area contributed by atoms with Crippen molar-refractivity contribution in [1.82, 2.24) is 0 Å². The number of hydrogen-bond donors (Lipinski definition) is 14. The summed E-state index contributed by atoms with van der Waals surface area (Å²) in [5.41, 5.74) is 6.11. The zero-order valence-electron chi connectivity index (χ0n) is 29.0. The van der Waals surface area contributed by atoms with Gasteiger partial charge in [0.25, 0.3) is 0 Å². The number of allylic oxidation sites excluding steroid dienone is 1. The Kier molecular flexibility index (Phi) is 17.7. The maximum Gasteiger partial charge on any atom is 0.335 e. The zero-order chi connectivity index (χ0) is 42.3. The Balaban J connectivity index is 0.000000382. The smallest absolute Gasteiger partial charge is 0.335 e. The Hall–Kier alpha value is -8.19. The fourth-order valence-corrected chi connectivity index (χ4v) is 4.16. The van der Waals surface area contributed by atoms with Crippen LogP contribution in [0.3, 0.4) is 0 Å². The van der Waals surface area contributed by atoms with Gasteiger partial charge in [-0.05, 0) is 78.7 Å². The van der Waals surface area contributed by atoms with Crippen LogP contribution in [0.4, 0.5) is 0 Å². The highest BCUT2D eigenvalue weighted by atomic mass is 35.5. The third-order valence-electron chi connectivity index (χ3n) is 6.93. The molecule has 0 atom stereocenters. The second-order valence-electron chi connectivity index (χ2n) is 10.9. The van der Waals surface area contributed by atoms with Crippen LogP contribution in [0.5, 0.6) is 69.0 Å². The van der Waals surface area contributed by atoms with E-state index in [0.717, 1.165) is 30.3 Å². The van der Waals surface area contributed by atoms with E-state index in [-0.39, 0.29) is 46.2 Å². The summed E-state index contributed by atoms with van der Waals surface area (Å²) in [5.74, 6) is -8.32. The van der Waals surface area contributed by atoms with Gasteiger partial charge in [0.05, 0.1) is 11.1 Å². The van der Waals surface area contributed by atoms with Gasteiger partial charge in [-0.2, -0.15) is 10.5 Å². The Morgan fingerprint density at radius 2 is 1.00 bits per heavy atom. The Labute approximate surface area is 328 Å². The Morgan fingerprint density at radius 3 is 1.42 bits per heavy atom. The topological polar surface area (TPSA) is 371 Å². The molecule has 18 nitrogen and oxygen atoms in total. The number of carboxylic acid groups (broad SMARTS) is 1. The molecule has 0 aromatic heterocycles. The molecule has 5 aromatic carbocycles. The van der Waals surface area contributed by atoms with Crippen LogP contribution in [0, 0.1) is 22.7 Å². The van der Waals surface area contributed by atoms with Crippen LogP contribution in [0.2, 0.25) is 0 Å². The summed E-state index contributed by atoms with van der Waals surface area (Å²) in [6.07, 6.45) is 1.74. The summed E-state index contributed by atoms with van der Waals surface area (Å²) in [5, 5.41) is 134. The summed E-state index contributed by atoms with van der Waals surface area (Å²) in [6.45, 7) is 0.434. The van der Waals surface area contributed by atoms with E-state index in [1.807, 2.05) is 0 Å². The van der Waals surface area contributed by atoms with Crippen molar-refractivity contribution in [2.75, 3.05) is 6.54 Å². The lowest BCUT2D eigenvalue weighted by molar-refractivity contribution is 0.0695. The molecule has 298 valence electrons. The fourth-order valence-electron chi connectivity index (χ4n) is 4.16. The van der Waals surface area contributed by atoms with Crippen molar-refractivity contribution in [3.05, 3.63) is 112 Å². The molecule has 0 fully saturated rings. The number of ketones is 1. The summed E-state index contributed by atoms with van der Waals surface area (Å²) in [4.78, 5) is 22.3. The number of hydrogen-bond acceptors (Lipinski definition) is 17. The number of halogens is 1. The number of carbonyl (C=O) groups excluding carboxylic acids is 1. The van der Waals surface area contributed by atoms with Crippen molar-refractivity contribution in [3.63, 3.8) is 0 Å². The molecule has 0 bridgehead atoms. The number of phenols is 12. The molecule has 0 unspecified atom stereocenters. The number of carbonyl (C=O) groups is 2. The monoisotopic (exact) mass is 807 g/mol. The first-order chi connectivity index (χ1) is 26.4. The predicted molar refractivity (Wildman–Crippen MR) is 202 cm³/mol. The fraction of sp³-hybridized carbons (Fsp3) is 0.0526. The lowest BCUT2D eigenvalue weighted by Gasteiger charge is -2.06. The SMILES string of the molecule is Cl.N#CC(C#N)=Cc1cc(O)c(O)c(O)c1.NCCc1cc(O)c(O)c(O)c1.O=C(O)c1cc(O)c(O)c(O)c1.O=C(c1ccccc1)c1ccc(O)c(O)c1O. The van der Waals surface area contributed by atoms with E-state index in [0.29, 0.717) is 24.1 Å². The van der Waals surface area contributed by atoms with Crippen LogP contribution in [0.15, 0.2) is 84.4 Å². The number of nitrogens with two attached hydrogens (primary N) is 1. The molecule has 0 amide bonds. The molecular formula is C38H34ClN3O15. The van der Waals surface area contributed by atoms with Gasteiger partial charge in [-0.25, -0.2) is 4.79 Å². The zero-order valence-corrected chi connectivity index (χ0v) is 29.8. The normalized spacial score (nSPS) is 9.46. The van der Waals surface area contributed by atoms with Crippen LogP contribution >= 0.6 is 12.4 Å². The molecule has 0 aliphatic heterocycles. The third-order valence-corrected chi connectivity index (χ3v) is 6.93. The van der Waals surface area contributed by atoms with E-state index in [1.54, 1.807) is 42.5 Å². The minimum Gasteiger partial charge on any atom is -0.504 e. The number of aromatic carboxylic acids is 1. The third kappa shape index (κ3) is 13.0. The van der Waals surface area contributed by atoms with Gasteiger partial charge in [-0.3, -0.25) is 4.79 Å². The van der Waals surface area contributed by atoms with E-state index in [9.17, 15) is 19.8 Å². The Morgan fingerprint density at radius 1 is 0.561 bits per heavy atom. The van der Waals surface area contributed by atoms with Crippen molar-refractivity contribution in [1.29, 1.82) is 10.5 Å². The second kappa shape index (κ2) is 21.5. The average Bonchev–Trinajstić information content (AvgIpc) is 3.17. The van der Waals surface area contributed by atoms with E-state index in [2.05, 4.69) is 0 Å². The van der Waals surface area contributed by atoms with Gasteiger partial charge in [-0.15, -0.1) is 12.4 Å². The maximum absolute atomic E-state index is 12.0.